The van der Waals surface area contributed by atoms with E-state index in [1.54, 1.807) is 0 Å². The highest BCUT2D eigenvalue weighted by atomic mass is 35.5. The third-order valence-corrected chi connectivity index (χ3v) is 8.48. The maximum Gasteiger partial charge on any atom is 0.243 e. The van der Waals surface area contributed by atoms with E-state index in [2.05, 4.69) is 5.32 Å². The number of halogens is 1. The minimum atomic E-state index is -3.70. The van der Waals surface area contributed by atoms with Gasteiger partial charge in [-0.2, -0.15) is 8.61 Å². The van der Waals surface area contributed by atoms with Gasteiger partial charge in [-0.3, -0.25) is 0 Å². The molecule has 0 spiro atoms. The summed E-state index contributed by atoms with van der Waals surface area (Å²) in [6.07, 6.45) is 2.72. The Kier molecular flexibility index (Phi) is 7.09. The minimum absolute atomic E-state index is 0. The van der Waals surface area contributed by atoms with Gasteiger partial charge in [0.25, 0.3) is 0 Å². The lowest BCUT2D eigenvalue weighted by Crippen LogP contribution is -2.51. The lowest BCUT2D eigenvalue weighted by molar-refractivity contribution is 0.310. The molecule has 1 atom stereocenters. The van der Waals surface area contributed by atoms with Crippen LogP contribution >= 0.6 is 12.4 Å². The first kappa shape index (κ1) is 21.6. The molecule has 148 valence electrons. The monoisotopic (exact) mass is 423 g/mol. The molecule has 1 N–H and O–H groups in total. The molecule has 0 saturated carbocycles. The molecule has 0 radical (unpaired) electrons. The van der Waals surface area contributed by atoms with E-state index in [-0.39, 0.29) is 28.2 Å². The molecule has 26 heavy (non-hydrogen) atoms. The first-order chi connectivity index (χ1) is 11.8. The van der Waals surface area contributed by atoms with Gasteiger partial charge >= 0.3 is 0 Å². The third-order valence-electron chi connectivity index (χ3n) is 4.73. The smallest absolute Gasteiger partial charge is 0.243 e. The summed E-state index contributed by atoms with van der Waals surface area (Å²) >= 11 is 0. The van der Waals surface area contributed by atoms with Crippen LogP contribution in [0.4, 0.5) is 0 Å². The molecule has 3 rings (SSSR count). The number of piperidine rings is 1. The van der Waals surface area contributed by atoms with Crippen LogP contribution in [-0.2, 0) is 20.0 Å². The number of piperazine rings is 1. The number of sulfonamides is 2. The van der Waals surface area contributed by atoms with Crippen LogP contribution in [0.25, 0.3) is 0 Å². The lowest BCUT2D eigenvalue weighted by Gasteiger charge is -2.31. The molecule has 2 heterocycles. The average Bonchev–Trinajstić information content (AvgIpc) is 2.62. The van der Waals surface area contributed by atoms with Crippen LogP contribution in [0.1, 0.15) is 26.2 Å². The second-order valence-electron chi connectivity index (χ2n) is 6.66. The summed E-state index contributed by atoms with van der Waals surface area (Å²) in [5, 5.41) is 3.21. The molecule has 2 saturated heterocycles. The van der Waals surface area contributed by atoms with Gasteiger partial charge in [-0.25, -0.2) is 16.8 Å². The molecule has 10 heteroatoms. The van der Waals surface area contributed by atoms with Crippen LogP contribution in [0.5, 0.6) is 0 Å². The summed E-state index contributed by atoms with van der Waals surface area (Å²) in [6.45, 7) is 4.27. The Hall–Kier alpha value is -0.710. The molecule has 1 aromatic rings. The van der Waals surface area contributed by atoms with E-state index >= 15 is 0 Å². The number of benzene rings is 1. The zero-order valence-electron chi connectivity index (χ0n) is 14.8. The fourth-order valence-corrected chi connectivity index (χ4v) is 6.53. The zero-order valence-corrected chi connectivity index (χ0v) is 17.2. The van der Waals surface area contributed by atoms with Crippen molar-refractivity contribution in [2.24, 2.45) is 0 Å². The topological polar surface area (TPSA) is 86.8 Å². The van der Waals surface area contributed by atoms with Gasteiger partial charge in [-0.1, -0.05) is 12.5 Å². The summed E-state index contributed by atoms with van der Waals surface area (Å²) in [6, 6.07) is 5.82. The molecule has 0 bridgehead atoms. The fourth-order valence-electron chi connectivity index (χ4n) is 3.31. The van der Waals surface area contributed by atoms with E-state index < -0.39 is 20.0 Å². The second-order valence-corrected chi connectivity index (χ2v) is 10.5. The van der Waals surface area contributed by atoms with E-state index in [4.69, 9.17) is 0 Å². The van der Waals surface area contributed by atoms with Crippen molar-refractivity contribution in [2.75, 3.05) is 32.7 Å². The number of nitrogens with one attached hydrogen (secondary N) is 1. The standard InChI is InChI=1S/C16H25N3O4S2.ClH/c1-14-13-19(11-8-17-14)25(22,23)16-7-5-6-15(12-16)24(20,21)18-9-3-2-4-10-18;/h5-7,12,14,17H,2-4,8-11,13H2,1H3;1H. The van der Waals surface area contributed by atoms with Crippen molar-refractivity contribution in [3.8, 4) is 0 Å². The largest absolute Gasteiger partial charge is 0.312 e. The van der Waals surface area contributed by atoms with E-state index in [0.29, 0.717) is 32.7 Å². The highest BCUT2D eigenvalue weighted by molar-refractivity contribution is 7.90. The zero-order chi connectivity index (χ0) is 18.1. The van der Waals surface area contributed by atoms with Crippen LogP contribution in [0.15, 0.2) is 34.1 Å². The molecular weight excluding hydrogens is 398 g/mol. The van der Waals surface area contributed by atoms with E-state index in [1.807, 2.05) is 6.92 Å². The maximum atomic E-state index is 12.9. The summed E-state index contributed by atoms with van der Waals surface area (Å²) in [4.78, 5) is 0.0957. The molecule has 0 amide bonds. The van der Waals surface area contributed by atoms with Crippen LogP contribution in [0.2, 0.25) is 0 Å². The summed E-state index contributed by atoms with van der Waals surface area (Å²) in [7, 11) is -7.35. The van der Waals surface area contributed by atoms with Gasteiger partial charge in [0.2, 0.25) is 20.0 Å². The van der Waals surface area contributed by atoms with Gasteiger partial charge < -0.3 is 5.32 Å². The molecule has 1 unspecified atom stereocenters. The third kappa shape index (κ3) is 4.40. The normalized spacial score (nSPS) is 23.3. The number of nitrogens with zero attached hydrogens (tertiary/aromatic N) is 2. The molecule has 1 aromatic carbocycles. The van der Waals surface area contributed by atoms with Crippen LogP contribution < -0.4 is 5.32 Å². The molecule has 7 nitrogen and oxygen atoms in total. The Morgan fingerprint density at radius 3 is 2.08 bits per heavy atom. The average molecular weight is 424 g/mol. The van der Waals surface area contributed by atoms with Crippen molar-refractivity contribution in [2.45, 2.75) is 42.0 Å². The number of hydrogen-bond donors (Lipinski definition) is 1. The quantitative estimate of drug-likeness (QED) is 0.787. The van der Waals surface area contributed by atoms with Gasteiger partial charge in [0.1, 0.15) is 0 Å². The Morgan fingerprint density at radius 2 is 1.50 bits per heavy atom. The summed E-state index contributed by atoms with van der Waals surface area (Å²) in [5.74, 6) is 0. The van der Waals surface area contributed by atoms with Crippen molar-refractivity contribution >= 4 is 32.5 Å². The van der Waals surface area contributed by atoms with Crippen LogP contribution in [0.3, 0.4) is 0 Å². The Balaban J connectivity index is 0.00000243. The predicted molar refractivity (Wildman–Crippen MR) is 103 cm³/mol. The Morgan fingerprint density at radius 1 is 0.923 bits per heavy atom. The Bertz CT molecular complexity index is 824. The minimum Gasteiger partial charge on any atom is -0.312 e. The molecule has 0 aliphatic carbocycles. The van der Waals surface area contributed by atoms with Gasteiger partial charge in [0.05, 0.1) is 9.79 Å². The van der Waals surface area contributed by atoms with Crippen molar-refractivity contribution in [1.29, 1.82) is 0 Å². The first-order valence-electron chi connectivity index (χ1n) is 8.65. The number of hydrogen-bond acceptors (Lipinski definition) is 5. The highest BCUT2D eigenvalue weighted by Gasteiger charge is 2.31. The SMILES string of the molecule is CC1CN(S(=O)(=O)c2cccc(S(=O)(=O)N3CCCCC3)c2)CCN1.Cl. The van der Waals surface area contributed by atoms with Gasteiger partial charge in [-0.15, -0.1) is 12.4 Å². The van der Waals surface area contributed by atoms with Crippen molar-refractivity contribution in [3.05, 3.63) is 24.3 Å². The van der Waals surface area contributed by atoms with Gasteiger partial charge in [-0.05, 0) is 38.0 Å². The number of rotatable bonds is 4. The lowest BCUT2D eigenvalue weighted by atomic mass is 10.2. The second kappa shape index (κ2) is 8.53. The summed E-state index contributed by atoms with van der Waals surface area (Å²) < 4.78 is 54.2. The predicted octanol–water partition coefficient (Wildman–Crippen LogP) is 1.27. The van der Waals surface area contributed by atoms with Gasteiger partial charge in [0.15, 0.2) is 0 Å². The maximum absolute atomic E-state index is 12.9. The highest BCUT2D eigenvalue weighted by Crippen LogP contribution is 2.24. The molecule has 0 aromatic heterocycles. The van der Waals surface area contributed by atoms with Gasteiger partial charge in [0, 0.05) is 38.8 Å². The van der Waals surface area contributed by atoms with Crippen molar-refractivity contribution in [1.82, 2.24) is 13.9 Å². The van der Waals surface area contributed by atoms with Crippen molar-refractivity contribution < 1.29 is 16.8 Å². The van der Waals surface area contributed by atoms with E-state index in [9.17, 15) is 16.8 Å². The van der Waals surface area contributed by atoms with Crippen LogP contribution in [0, 0.1) is 0 Å². The Labute approximate surface area is 162 Å². The molecule has 2 aliphatic rings. The fraction of sp³-hybridized carbons (Fsp3) is 0.625. The first-order valence-corrected chi connectivity index (χ1v) is 11.5. The van der Waals surface area contributed by atoms with Crippen LogP contribution in [-0.4, -0.2) is 64.2 Å². The molecule has 2 aliphatic heterocycles. The van der Waals surface area contributed by atoms with Crippen molar-refractivity contribution in [3.63, 3.8) is 0 Å². The molecule has 2 fully saturated rings. The molecular formula is C16H26ClN3O4S2. The summed E-state index contributed by atoms with van der Waals surface area (Å²) in [5.41, 5.74) is 0. The van der Waals surface area contributed by atoms with E-state index in [0.717, 1.165) is 19.3 Å². The van der Waals surface area contributed by atoms with E-state index in [1.165, 1.54) is 32.9 Å².